The van der Waals surface area contributed by atoms with Crippen LogP contribution in [0.3, 0.4) is 0 Å². The lowest BCUT2D eigenvalue weighted by Crippen LogP contribution is -2.45. The topological polar surface area (TPSA) is 67.4 Å². The summed E-state index contributed by atoms with van der Waals surface area (Å²) in [6, 6.07) is 1.76. The molecule has 0 saturated heterocycles. The van der Waals surface area contributed by atoms with Gasteiger partial charge in [-0.25, -0.2) is 18.4 Å². The number of hydrogen-bond acceptors (Lipinski definition) is 3. The number of hydrogen-bond donors (Lipinski definition) is 2. The third-order valence-corrected chi connectivity index (χ3v) is 3.04. The molecule has 0 aliphatic carbocycles. The third-order valence-electron chi connectivity index (χ3n) is 3.04. The minimum atomic E-state index is -1.05. The van der Waals surface area contributed by atoms with Gasteiger partial charge in [-0.1, -0.05) is 6.07 Å². The molecule has 2 rings (SSSR count). The van der Waals surface area contributed by atoms with Crippen LogP contribution in [0.1, 0.15) is 25.5 Å². The van der Waals surface area contributed by atoms with E-state index in [1.165, 1.54) is 13.0 Å². The number of allylic oxidation sites excluding steroid dienone is 1. The van der Waals surface area contributed by atoms with Gasteiger partial charge < -0.3 is 15.4 Å². The first kappa shape index (κ1) is 15.0. The summed E-state index contributed by atoms with van der Waals surface area (Å²) >= 11 is 0. The van der Waals surface area contributed by atoms with E-state index in [9.17, 15) is 18.4 Å². The van der Waals surface area contributed by atoms with E-state index in [1.807, 2.05) is 0 Å². The van der Waals surface area contributed by atoms with E-state index in [1.54, 1.807) is 6.92 Å². The first-order chi connectivity index (χ1) is 9.93. The molecule has 0 radical (unpaired) electrons. The first-order valence-electron chi connectivity index (χ1n) is 6.34. The molecule has 2 N–H and O–H groups in total. The van der Waals surface area contributed by atoms with E-state index in [4.69, 9.17) is 4.74 Å². The zero-order chi connectivity index (χ0) is 15.6. The lowest BCUT2D eigenvalue weighted by atomic mass is 9.95. The van der Waals surface area contributed by atoms with Crippen LogP contribution in [0.15, 0.2) is 29.5 Å². The Morgan fingerprint density at radius 2 is 2.05 bits per heavy atom. The second-order valence-electron chi connectivity index (χ2n) is 4.46. The van der Waals surface area contributed by atoms with Gasteiger partial charge in [-0.05, 0) is 31.5 Å². The molecule has 7 heteroatoms. The van der Waals surface area contributed by atoms with E-state index in [-0.39, 0.29) is 17.7 Å². The molecule has 1 heterocycles. The summed E-state index contributed by atoms with van der Waals surface area (Å²) in [5.74, 6) is -2.68. The molecule has 112 valence electrons. The number of carbonyl (C=O) groups excluding carboxylic acids is 2. The van der Waals surface area contributed by atoms with Crippen molar-refractivity contribution in [3.63, 3.8) is 0 Å². The van der Waals surface area contributed by atoms with Gasteiger partial charge in [0.05, 0.1) is 18.2 Å². The van der Waals surface area contributed by atoms with Crippen LogP contribution in [0.4, 0.5) is 13.6 Å². The van der Waals surface area contributed by atoms with Crippen LogP contribution in [0.25, 0.3) is 0 Å². The van der Waals surface area contributed by atoms with E-state index >= 15 is 0 Å². The number of halogens is 2. The Hall–Kier alpha value is -2.44. The maximum absolute atomic E-state index is 13.4. The largest absolute Gasteiger partial charge is 0.463 e. The molecule has 5 nitrogen and oxygen atoms in total. The van der Waals surface area contributed by atoms with Crippen molar-refractivity contribution in [2.24, 2.45) is 0 Å². The minimum absolute atomic E-state index is 0.155. The number of nitrogens with one attached hydrogen (secondary N) is 2. The number of benzene rings is 1. The SMILES string of the molecule is CCOC(=O)C1=C(C)NC(=O)NC1c1ccc(F)c(F)c1. The third kappa shape index (κ3) is 3.01. The van der Waals surface area contributed by atoms with Gasteiger partial charge in [0.1, 0.15) is 0 Å². The van der Waals surface area contributed by atoms with Gasteiger partial charge in [0.15, 0.2) is 11.6 Å². The average molecular weight is 296 g/mol. The van der Waals surface area contributed by atoms with Gasteiger partial charge in [0.2, 0.25) is 0 Å². The number of amides is 2. The Balaban J connectivity index is 2.46. The molecular formula is C14H14F2N2O3. The number of rotatable bonds is 3. The van der Waals surface area contributed by atoms with Crippen LogP contribution in [0, 0.1) is 11.6 Å². The quantitative estimate of drug-likeness (QED) is 0.840. The van der Waals surface area contributed by atoms with Gasteiger partial charge >= 0.3 is 12.0 Å². The van der Waals surface area contributed by atoms with E-state index in [2.05, 4.69) is 10.6 Å². The summed E-state index contributed by atoms with van der Waals surface area (Å²) < 4.78 is 31.3. The zero-order valence-corrected chi connectivity index (χ0v) is 11.5. The summed E-state index contributed by atoms with van der Waals surface area (Å²) in [6.45, 7) is 3.35. The lowest BCUT2D eigenvalue weighted by molar-refractivity contribution is -0.139. The van der Waals surface area contributed by atoms with Crippen LogP contribution in [-0.4, -0.2) is 18.6 Å². The first-order valence-corrected chi connectivity index (χ1v) is 6.34. The smallest absolute Gasteiger partial charge is 0.338 e. The summed E-state index contributed by atoms with van der Waals surface area (Å²) in [6.07, 6.45) is 0. The molecule has 2 amide bonds. The molecule has 1 aromatic carbocycles. The molecular weight excluding hydrogens is 282 g/mol. The lowest BCUT2D eigenvalue weighted by Gasteiger charge is -2.28. The highest BCUT2D eigenvalue weighted by Gasteiger charge is 2.32. The van der Waals surface area contributed by atoms with Gasteiger partial charge in [0.25, 0.3) is 0 Å². The van der Waals surface area contributed by atoms with Crippen LogP contribution in [-0.2, 0) is 9.53 Å². The fourth-order valence-corrected chi connectivity index (χ4v) is 2.12. The summed E-state index contributed by atoms with van der Waals surface area (Å²) in [4.78, 5) is 23.6. The number of esters is 1. The van der Waals surface area contributed by atoms with Crippen molar-refractivity contribution in [2.45, 2.75) is 19.9 Å². The van der Waals surface area contributed by atoms with Crippen molar-refractivity contribution in [2.75, 3.05) is 6.61 Å². The fourth-order valence-electron chi connectivity index (χ4n) is 2.12. The summed E-state index contributed by atoms with van der Waals surface area (Å²) in [7, 11) is 0. The van der Waals surface area contributed by atoms with E-state index < -0.39 is 29.7 Å². The highest BCUT2D eigenvalue weighted by Crippen LogP contribution is 2.28. The highest BCUT2D eigenvalue weighted by atomic mass is 19.2. The van der Waals surface area contributed by atoms with E-state index in [0.29, 0.717) is 5.70 Å². The van der Waals surface area contributed by atoms with Gasteiger partial charge in [0, 0.05) is 5.70 Å². The second kappa shape index (κ2) is 5.90. The Labute approximate surface area is 120 Å². The Bertz CT molecular complexity index is 629. The predicted molar refractivity (Wildman–Crippen MR) is 70.1 cm³/mol. The molecule has 1 aliphatic rings. The molecule has 0 fully saturated rings. The molecule has 1 atom stereocenters. The van der Waals surface area contributed by atoms with Crippen molar-refractivity contribution in [3.8, 4) is 0 Å². The normalized spacial score (nSPS) is 18.1. The Morgan fingerprint density at radius 3 is 2.67 bits per heavy atom. The maximum atomic E-state index is 13.4. The van der Waals surface area contributed by atoms with Crippen molar-refractivity contribution in [1.29, 1.82) is 0 Å². The maximum Gasteiger partial charge on any atom is 0.338 e. The van der Waals surface area contributed by atoms with Crippen LogP contribution < -0.4 is 10.6 Å². The van der Waals surface area contributed by atoms with Crippen molar-refractivity contribution >= 4 is 12.0 Å². The monoisotopic (exact) mass is 296 g/mol. The molecule has 0 spiro atoms. The summed E-state index contributed by atoms with van der Waals surface area (Å²) in [5, 5.41) is 4.96. The van der Waals surface area contributed by atoms with E-state index in [0.717, 1.165) is 12.1 Å². The standard InChI is InChI=1S/C14H14F2N2O3/c1-3-21-13(19)11-7(2)17-14(20)18-12(11)8-4-5-9(15)10(16)6-8/h4-6,12H,3H2,1-2H3,(H2,17,18,20). The van der Waals surface area contributed by atoms with Gasteiger partial charge in [-0.2, -0.15) is 0 Å². The van der Waals surface area contributed by atoms with Gasteiger partial charge in [-0.3, -0.25) is 0 Å². The van der Waals surface area contributed by atoms with Crippen molar-refractivity contribution in [3.05, 3.63) is 46.7 Å². The molecule has 0 saturated carbocycles. The van der Waals surface area contributed by atoms with Crippen LogP contribution in [0.5, 0.6) is 0 Å². The van der Waals surface area contributed by atoms with Crippen LogP contribution in [0.2, 0.25) is 0 Å². The summed E-state index contributed by atoms with van der Waals surface area (Å²) in [5.41, 5.74) is 0.723. The van der Waals surface area contributed by atoms with Gasteiger partial charge in [-0.15, -0.1) is 0 Å². The predicted octanol–water partition coefficient (Wildman–Crippen LogP) is 2.16. The molecule has 1 aromatic rings. The molecule has 0 aromatic heterocycles. The van der Waals surface area contributed by atoms with Crippen molar-refractivity contribution in [1.82, 2.24) is 10.6 Å². The number of ether oxygens (including phenoxy) is 1. The molecule has 1 aliphatic heterocycles. The number of carbonyl (C=O) groups is 2. The molecule has 21 heavy (non-hydrogen) atoms. The Morgan fingerprint density at radius 1 is 1.33 bits per heavy atom. The highest BCUT2D eigenvalue weighted by molar-refractivity contribution is 5.95. The van der Waals surface area contributed by atoms with Crippen molar-refractivity contribution < 1.29 is 23.1 Å². The molecule has 1 unspecified atom stereocenters. The second-order valence-corrected chi connectivity index (χ2v) is 4.46. The van der Waals surface area contributed by atoms with Crippen LogP contribution >= 0.6 is 0 Å². The minimum Gasteiger partial charge on any atom is -0.463 e. The average Bonchev–Trinajstić information content (AvgIpc) is 2.41. The molecule has 0 bridgehead atoms. The Kier molecular flexibility index (Phi) is 4.21. The zero-order valence-electron chi connectivity index (χ0n) is 11.5. The fraction of sp³-hybridized carbons (Fsp3) is 0.286. The number of urea groups is 1.